The monoisotopic (exact) mass is 185 g/mol. The van der Waals surface area contributed by atoms with Gasteiger partial charge in [0.25, 0.3) is 0 Å². The quantitative estimate of drug-likeness (QED) is 0.601. The maximum atomic E-state index is 10.9. The number of nitrogens with one attached hydrogen (secondary N) is 1. The van der Waals surface area contributed by atoms with E-state index in [0.717, 1.165) is 26.2 Å². The van der Waals surface area contributed by atoms with Crippen LogP contribution >= 0.6 is 0 Å². The third-order valence-corrected chi connectivity index (χ3v) is 2.68. The SMILES string of the molecule is CCN(CC(C)C(N)=O)C1CNC1. The van der Waals surface area contributed by atoms with Gasteiger partial charge in [-0.15, -0.1) is 0 Å². The first-order valence-electron chi connectivity index (χ1n) is 4.89. The zero-order valence-electron chi connectivity index (χ0n) is 8.42. The van der Waals surface area contributed by atoms with Gasteiger partial charge in [-0.25, -0.2) is 0 Å². The summed E-state index contributed by atoms with van der Waals surface area (Å²) in [4.78, 5) is 13.2. The van der Waals surface area contributed by atoms with Crippen molar-refractivity contribution < 1.29 is 4.79 Å². The van der Waals surface area contributed by atoms with Crippen LogP contribution < -0.4 is 11.1 Å². The van der Waals surface area contributed by atoms with E-state index in [9.17, 15) is 4.79 Å². The van der Waals surface area contributed by atoms with E-state index in [1.807, 2.05) is 6.92 Å². The first-order chi connectivity index (χ1) is 6.15. The van der Waals surface area contributed by atoms with Crippen molar-refractivity contribution >= 4 is 5.91 Å². The summed E-state index contributed by atoms with van der Waals surface area (Å²) in [6, 6.07) is 0.604. The zero-order valence-corrected chi connectivity index (χ0v) is 8.42. The number of nitrogens with two attached hydrogens (primary N) is 1. The number of hydrogen-bond donors (Lipinski definition) is 2. The van der Waals surface area contributed by atoms with E-state index in [0.29, 0.717) is 6.04 Å². The van der Waals surface area contributed by atoms with E-state index in [2.05, 4.69) is 17.1 Å². The zero-order chi connectivity index (χ0) is 9.84. The van der Waals surface area contributed by atoms with Crippen molar-refractivity contribution in [2.45, 2.75) is 19.9 Å². The highest BCUT2D eigenvalue weighted by molar-refractivity contribution is 5.76. The molecule has 1 aliphatic rings. The van der Waals surface area contributed by atoms with E-state index >= 15 is 0 Å². The molecule has 1 heterocycles. The van der Waals surface area contributed by atoms with Gasteiger partial charge in [-0.2, -0.15) is 0 Å². The summed E-state index contributed by atoms with van der Waals surface area (Å²) in [7, 11) is 0. The molecule has 1 atom stereocenters. The number of carbonyl (C=O) groups excluding carboxylic acids is 1. The molecule has 4 nitrogen and oxygen atoms in total. The van der Waals surface area contributed by atoms with Crippen LogP contribution in [0.2, 0.25) is 0 Å². The van der Waals surface area contributed by atoms with Gasteiger partial charge in [-0.3, -0.25) is 9.69 Å². The van der Waals surface area contributed by atoms with Crippen molar-refractivity contribution in [2.75, 3.05) is 26.2 Å². The van der Waals surface area contributed by atoms with Gasteiger partial charge in [0.2, 0.25) is 5.91 Å². The number of primary amides is 1. The fourth-order valence-electron chi connectivity index (χ4n) is 1.51. The highest BCUT2D eigenvalue weighted by Gasteiger charge is 2.25. The van der Waals surface area contributed by atoms with Crippen molar-refractivity contribution in [3.05, 3.63) is 0 Å². The van der Waals surface area contributed by atoms with Crippen LogP contribution in [-0.4, -0.2) is 43.0 Å². The summed E-state index contributed by atoms with van der Waals surface area (Å²) in [6.45, 7) is 7.86. The first kappa shape index (κ1) is 10.5. The molecule has 76 valence electrons. The predicted octanol–water partition coefficient (Wildman–Crippen LogP) is -0.598. The van der Waals surface area contributed by atoms with Crippen LogP contribution in [0.5, 0.6) is 0 Å². The molecule has 1 amide bonds. The number of amides is 1. The van der Waals surface area contributed by atoms with Crippen molar-refractivity contribution in [3.8, 4) is 0 Å². The Morgan fingerprint density at radius 1 is 1.69 bits per heavy atom. The van der Waals surface area contributed by atoms with Crippen LogP contribution in [0, 0.1) is 5.92 Å². The lowest BCUT2D eigenvalue weighted by molar-refractivity contribution is -0.122. The van der Waals surface area contributed by atoms with Gasteiger partial charge in [0.15, 0.2) is 0 Å². The van der Waals surface area contributed by atoms with Gasteiger partial charge in [-0.1, -0.05) is 13.8 Å². The van der Waals surface area contributed by atoms with Crippen LogP contribution in [0.3, 0.4) is 0 Å². The Kier molecular flexibility index (Phi) is 3.69. The second-order valence-electron chi connectivity index (χ2n) is 3.70. The third kappa shape index (κ3) is 2.67. The second kappa shape index (κ2) is 4.58. The Bertz CT molecular complexity index is 180. The van der Waals surface area contributed by atoms with Crippen molar-refractivity contribution in [2.24, 2.45) is 11.7 Å². The smallest absolute Gasteiger partial charge is 0.221 e. The third-order valence-electron chi connectivity index (χ3n) is 2.68. The molecule has 0 aromatic rings. The van der Waals surface area contributed by atoms with Crippen LogP contribution in [-0.2, 0) is 4.79 Å². The Balaban J connectivity index is 2.34. The molecule has 0 aromatic carbocycles. The summed E-state index contributed by atoms with van der Waals surface area (Å²) in [5.41, 5.74) is 5.22. The van der Waals surface area contributed by atoms with Crippen molar-refractivity contribution in [3.63, 3.8) is 0 Å². The molecular weight excluding hydrogens is 166 g/mol. The molecule has 1 saturated heterocycles. The molecular formula is C9H19N3O. The van der Waals surface area contributed by atoms with Gasteiger partial charge in [-0.05, 0) is 6.54 Å². The minimum atomic E-state index is -0.203. The average molecular weight is 185 g/mol. The Labute approximate surface area is 79.5 Å². The molecule has 3 N–H and O–H groups in total. The fourth-order valence-corrected chi connectivity index (χ4v) is 1.51. The van der Waals surface area contributed by atoms with E-state index in [4.69, 9.17) is 5.73 Å². The molecule has 1 rings (SSSR count). The van der Waals surface area contributed by atoms with Gasteiger partial charge < -0.3 is 11.1 Å². The molecule has 0 spiro atoms. The van der Waals surface area contributed by atoms with E-state index in [-0.39, 0.29) is 11.8 Å². The molecule has 1 unspecified atom stereocenters. The molecule has 1 aliphatic heterocycles. The summed E-state index contributed by atoms with van der Waals surface area (Å²) in [5.74, 6) is -0.244. The number of hydrogen-bond acceptors (Lipinski definition) is 3. The Hall–Kier alpha value is -0.610. The molecule has 0 aromatic heterocycles. The lowest BCUT2D eigenvalue weighted by Crippen LogP contribution is -2.58. The second-order valence-corrected chi connectivity index (χ2v) is 3.70. The number of carbonyl (C=O) groups is 1. The Morgan fingerprint density at radius 3 is 2.62 bits per heavy atom. The standard InChI is InChI=1S/C9H19N3O/c1-3-12(8-4-11-5-8)6-7(2)9(10)13/h7-8,11H,3-6H2,1-2H3,(H2,10,13). The Morgan fingerprint density at radius 2 is 2.31 bits per heavy atom. The molecule has 0 aliphatic carbocycles. The molecule has 0 saturated carbocycles. The number of nitrogens with zero attached hydrogens (tertiary/aromatic N) is 1. The largest absolute Gasteiger partial charge is 0.369 e. The lowest BCUT2D eigenvalue weighted by atomic mass is 10.1. The molecule has 1 fully saturated rings. The average Bonchev–Trinajstić information content (AvgIpc) is 1.99. The van der Waals surface area contributed by atoms with Gasteiger partial charge in [0.1, 0.15) is 0 Å². The van der Waals surface area contributed by atoms with E-state index in [1.54, 1.807) is 0 Å². The maximum absolute atomic E-state index is 10.9. The summed E-state index contributed by atoms with van der Waals surface area (Å²) >= 11 is 0. The highest BCUT2D eigenvalue weighted by atomic mass is 16.1. The molecule has 13 heavy (non-hydrogen) atoms. The first-order valence-corrected chi connectivity index (χ1v) is 4.89. The molecule has 0 radical (unpaired) electrons. The van der Waals surface area contributed by atoms with Gasteiger partial charge >= 0.3 is 0 Å². The van der Waals surface area contributed by atoms with Gasteiger partial charge in [0, 0.05) is 31.6 Å². The maximum Gasteiger partial charge on any atom is 0.221 e. The highest BCUT2D eigenvalue weighted by Crippen LogP contribution is 2.07. The summed E-state index contributed by atoms with van der Waals surface area (Å²) < 4.78 is 0. The summed E-state index contributed by atoms with van der Waals surface area (Å²) in [6.07, 6.45) is 0. The molecule has 4 heteroatoms. The van der Waals surface area contributed by atoms with Crippen LogP contribution in [0.4, 0.5) is 0 Å². The van der Waals surface area contributed by atoms with E-state index < -0.39 is 0 Å². The molecule has 0 bridgehead atoms. The predicted molar refractivity (Wildman–Crippen MR) is 52.3 cm³/mol. The number of rotatable bonds is 5. The van der Waals surface area contributed by atoms with Crippen LogP contribution in [0.15, 0.2) is 0 Å². The minimum absolute atomic E-state index is 0.0412. The lowest BCUT2D eigenvalue weighted by Gasteiger charge is -2.38. The van der Waals surface area contributed by atoms with E-state index in [1.165, 1.54) is 0 Å². The number of likely N-dealkylation sites (N-methyl/N-ethyl adjacent to an activating group) is 1. The topological polar surface area (TPSA) is 58.4 Å². The normalized spacial score (nSPS) is 19.9. The van der Waals surface area contributed by atoms with Crippen LogP contribution in [0.25, 0.3) is 0 Å². The van der Waals surface area contributed by atoms with Crippen molar-refractivity contribution in [1.82, 2.24) is 10.2 Å². The summed E-state index contributed by atoms with van der Waals surface area (Å²) in [5, 5.41) is 3.22. The fraction of sp³-hybridized carbons (Fsp3) is 0.889. The van der Waals surface area contributed by atoms with Gasteiger partial charge in [0.05, 0.1) is 0 Å². The minimum Gasteiger partial charge on any atom is -0.369 e. The van der Waals surface area contributed by atoms with Crippen LogP contribution in [0.1, 0.15) is 13.8 Å². The van der Waals surface area contributed by atoms with Crippen molar-refractivity contribution in [1.29, 1.82) is 0 Å².